The Morgan fingerprint density at radius 1 is 1.07 bits per heavy atom. The van der Waals surface area contributed by atoms with Crippen LogP contribution in [0, 0.1) is 0 Å². The second-order valence-electron chi connectivity index (χ2n) is 5.75. The van der Waals surface area contributed by atoms with Crippen LogP contribution in [-0.4, -0.2) is 21.6 Å². The minimum absolute atomic E-state index is 0.0617. The van der Waals surface area contributed by atoms with E-state index in [1.807, 2.05) is 19.1 Å². The van der Waals surface area contributed by atoms with E-state index < -0.39 is 12.0 Å². The van der Waals surface area contributed by atoms with E-state index in [1.165, 1.54) is 6.07 Å². The molecule has 0 saturated heterocycles. The highest BCUT2D eigenvalue weighted by molar-refractivity contribution is 8.00. The van der Waals surface area contributed by atoms with Gasteiger partial charge in [0.05, 0.1) is 11.3 Å². The van der Waals surface area contributed by atoms with Crippen molar-refractivity contribution in [2.75, 3.05) is 11.1 Å². The summed E-state index contributed by atoms with van der Waals surface area (Å²) < 4.78 is 39.1. The maximum Gasteiger partial charge on any atom is 0.451 e. The minimum atomic E-state index is -4.65. The summed E-state index contributed by atoms with van der Waals surface area (Å²) in [5, 5.41) is 3.34. The number of amides is 1. The zero-order valence-corrected chi connectivity index (χ0v) is 15.2. The lowest BCUT2D eigenvalue weighted by molar-refractivity contribution is -0.145. The van der Waals surface area contributed by atoms with Crippen LogP contribution in [-0.2, 0) is 17.4 Å². The topological polar surface area (TPSA) is 54.9 Å². The third-order valence-corrected chi connectivity index (χ3v) is 4.80. The van der Waals surface area contributed by atoms with Crippen LogP contribution in [0.1, 0.15) is 18.3 Å². The summed E-state index contributed by atoms with van der Waals surface area (Å²) in [7, 11) is 0. The zero-order chi connectivity index (χ0) is 19.4. The van der Waals surface area contributed by atoms with Gasteiger partial charge in [0.15, 0.2) is 0 Å². The van der Waals surface area contributed by atoms with Crippen molar-refractivity contribution in [2.24, 2.45) is 0 Å². The molecule has 0 spiro atoms. The van der Waals surface area contributed by atoms with Gasteiger partial charge in [-0.15, -0.1) is 0 Å². The lowest BCUT2D eigenvalue weighted by Gasteiger charge is -2.10. The molecule has 0 atom stereocenters. The molecule has 3 rings (SSSR count). The van der Waals surface area contributed by atoms with E-state index in [2.05, 4.69) is 15.3 Å². The van der Waals surface area contributed by atoms with E-state index in [0.717, 1.165) is 23.7 Å². The molecule has 27 heavy (non-hydrogen) atoms. The molecule has 1 aromatic heterocycles. The molecule has 0 radical (unpaired) electrons. The van der Waals surface area contributed by atoms with Gasteiger partial charge in [-0.05, 0) is 30.2 Å². The number of alkyl halides is 3. The highest BCUT2D eigenvalue weighted by Gasteiger charge is 2.35. The van der Waals surface area contributed by atoms with E-state index in [9.17, 15) is 18.0 Å². The molecule has 140 valence electrons. The highest BCUT2D eigenvalue weighted by Crippen LogP contribution is 2.32. The summed E-state index contributed by atoms with van der Waals surface area (Å²) in [5.41, 5.74) is 1.98. The second kappa shape index (κ2) is 7.96. The molecule has 0 aliphatic carbocycles. The molecule has 0 saturated carbocycles. The van der Waals surface area contributed by atoms with Crippen molar-refractivity contribution in [1.82, 2.24) is 9.97 Å². The van der Waals surface area contributed by atoms with Gasteiger partial charge in [-0.3, -0.25) is 4.79 Å². The van der Waals surface area contributed by atoms with Gasteiger partial charge in [0.1, 0.15) is 5.03 Å². The Kier molecular flexibility index (Phi) is 5.65. The SMILES string of the molecule is CCc1ccc(NC(=O)CSc2nc(C(F)(F)F)nc3ccccc23)cc1. The van der Waals surface area contributed by atoms with Crippen LogP contribution in [0.2, 0.25) is 0 Å². The molecule has 4 nitrogen and oxygen atoms in total. The van der Waals surface area contributed by atoms with Gasteiger partial charge in [-0.25, -0.2) is 9.97 Å². The largest absolute Gasteiger partial charge is 0.451 e. The Labute approximate surface area is 158 Å². The Hall–Kier alpha value is -2.61. The zero-order valence-electron chi connectivity index (χ0n) is 14.4. The molecule has 3 aromatic rings. The van der Waals surface area contributed by atoms with Crippen molar-refractivity contribution >= 4 is 34.3 Å². The van der Waals surface area contributed by atoms with Crippen molar-refractivity contribution in [3.8, 4) is 0 Å². The molecule has 0 fully saturated rings. The number of para-hydroxylation sites is 1. The van der Waals surface area contributed by atoms with Gasteiger partial charge >= 0.3 is 6.18 Å². The van der Waals surface area contributed by atoms with E-state index >= 15 is 0 Å². The maximum absolute atomic E-state index is 13.0. The number of anilines is 1. The molecule has 0 unspecified atom stereocenters. The average Bonchev–Trinajstić information content (AvgIpc) is 2.65. The molecule has 8 heteroatoms. The molecule has 2 aromatic carbocycles. The Morgan fingerprint density at radius 3 is 2.44 bits per heavy atom. The lowest BCUT2D eigenvalue weighted by Crippen LogP contribution is -2.15. The van der Waals surface area contributed by atoms with E-state index in [1.54, 1.807) is 30.3 Å². The summed E-state index contributed by atoms with van der Waals surface area (Å²) in [4.78, 5) is 19.3. The van der Waals surface area contributed by atoms with Crippen molar-refractivity contribution in [1.29, 1.82) is 0 Å². The normalized spacial score (nSPS) is 11.6. The first kappa shape index (κ1) is 19.2. The van der Waals surface area contributed by atoms with Crippen LogP contribution >= 0.6 is 11.8 Å². The molecule has 1 amide bonds. The monoisotopic (exact) mass is 391 g/mol. The van der Waals surface area contributed by atoms with Crippen molar-refractivity contribution in [3.63, 3.8) is 0 Å². The fraction of sp³-hybridized carbons (Fsp3) is 0.211. The maximum atomic E-state index is 13.0. The van der Waals surface area contributed by atoms with Crippen LogP contribution in [0.3, 0.4) is 0 Å². The first-order valence-electron chi connectivity index (χ1n) is 8.22. The Morgan fingerprint density at radius 2 is 1.78 bits per heavy atom. The quantitative estimate of drug-likeness (QED) is 0.494. The molecule has 1 heterocycles. The number of nitrogens with one attached hydrogen (secondary N) is 1. The summed E-state index contributed by atoms with van der Waals surface area (Å²) in [6.45, 7) is 2.03. The van der Waals surface area contributed by atoms with Crippen molar-refractivity contribution in [2.45, 2.75) is 24.5 Å². The molecule has 1 N–H and O–H groups in total. The summed E-state index contributed by atoms with van der Waals surface area (Å²) in [6, 6.07) is 13.8. The van der Waals surface area contributed by atoms with Gasteiger partial charge in [-0.1, -0.05) is 49.0 Å². The number of hydrogen-bond donors (Lipinski definition) is 1. The van der Waals surface area contributed by atoms with Gasteiger partial charge in [0.25, 0.3) is 0 Å². The molecular formula is C19H16F3N3OS. The summed E-state index contributed by atoms with van der Waals surface area (Å²) >= 11 is 0.952. The van der Waals surface area contributed by atoms with E-state index in [0.29, 0.717) is 11.1 Å². The molecule has 0 aliphatic rings. The number of halogens is 3. The minimum Gasteiger partial charge on any atom is -0.325 e. The third-order valence-electron chi connectivity index (χ3n) is 3.81. The summed E-state index contributed by atoms with van der Waals surface area (Å²) in [6.07, 6.45) is -3.75. The lowest BCUT2D eigenvalue weighted by atomic mass is 10.1. The van der Waals surface area contributed by atoms with Gasteiger partial charge < -0.3 is 5.32 Å². The number of hydrogen-bond acceptors (Lipinski definition) is 4. The molecule has 0 bridgehead atoms. The fourth-order valence-corrected chi connectivity index (χ4v) is 3.26. The van der Waals surface area contributed by atoms with Crippen LogP contribution in [0.5, 0.6) is 0 Å². The van der Waals surface area contributed by atoms with E-state index in [4.69, 9.17) is 0 Å². The smallest absolute Gasteiger partial charge is 0.325 e. The number of benzene rings is 2. The number of aryl methyl sites for hydroxylation is 1. The number of rotatable bonds is 5. The first-order valence-corrected chi connectivity index (χ1v) is 9.21. The van der Waals surface area contributed by atoms with Crippen molar-refractivity contribution < 1.29 is 18.0 Å². The number of thioether (sulfide) groups is 1. The van der Waals surface area contributed by atoms with Crippen LogP contribution in [0.25, 0.3) is 10.9 Å². The summed E-state index contributed by atoms with van der Waals surface area (Å²) in [5.74, 6) is -1.59. The predicted octanol–water partition coefficient (Wildman–Crippen LogP) is 4.94. The van der Waals surface area contributed by atoms with E-state index in [-0.39, 0.29) is 22.2 Å². The van der Waals surface area contributed by atoms with Gasteiger partial charge in [0.2, 0.25) is 11.7 Å². The molecule has 0 aliphatic heterocycles. The number of fused-ring (bicyclic) bond motifs is 1. The van der Waals surface area contributed by atoms with Crippen LogP contribution < -0.4 is 5.32 Å². The average molecular weight is 391 g/mol. The van der Waals surface area contributed by atoms with Gasteiger partial charge in [-0.2, -0.15) is 13.2 Å². The Balaban J connectivity index is 1.76. The number of carbonyl (C=O) groups excluding carboxylic acids is 1. The third kappa shape index (κ3) is 4.77. The van der Waals surface area contributed by atoms with Gasteiger partial charge in [0, 0.05) is 11.1 Å². The van der Waals surface area contributed by atoms with Crippen LogP contribution in [0.15, 0.2) is 53.6 Å². The fourth-order valence-electron chi connectivity index (χ4n) is 2.44. The van der Waals surface area contributed by atoms with Crippen molar-refractivity contribution in [3.05, 3.63) is 59.9 Å². The number of carbonyl (C=O) groups is 1. The second-order valence-corrected chi connectivity index (χ2v) is 6.72. The number of nitrogens with zero attached hydrogens (tertiary/aromatic N) is 2. The first-order chi connectivity index (χ1) is 12.9. The number of aromatic nitrogens is 2. The predicted molar refractivity (Wildman–Crippen MR) is 99.7 cm³/mol. The standard InChI is InChI=1S/C19H16F3N3OS/c1-2-12-7-9-13(10-8-12)23-16(26)11-27-17-14-5-3-4-6-15(14)24-18(25-17)19(20,21)22/h3-10H,2,11H2,1H3,(H,23,26). The highest BCUT2D eigenvalue weighted by atomic mass is 32.2. The Bertz CT molecular complexity index is 959. The molecular weight excluding hydrogens is 375 g/mol. The van der Waals surface area contributed by atoms with Crippen LogP contribution in [0.4, 0.5) is 18.9 Å².